The Bertz CT molecular complexity index is 712. The average Bonchev–Trinajstić information content (AvgIpc) is 2.32. The Morgan fingerprint density at radius 1 is 1.26 bits per heavy atom. The molecule has 0 aliphatic rings. The quantitative estimate of drug-likeness (QED) is 0.738. The van der Waals surface area contributed by atoms with Crippen molar-refractivity contribution in [2.45, 2.75) is 12.5 Å². The summed E-state index contributed by atoms with van der Waals surface area (Å²) < 4.78 is 26.1. The van der Waals surface area contributed by atoms with Crippen LogP contribution in [0.15, 0.2) is 23.0 Å². The molecule has 7 heteroatoms. The molecule has 5 nitrogen and oxygen atoms in total. The van der Waals surface area contributed by atoms with Crippen LogP contribution in [0.3, 0.4) is 0 Å². The number of carbonyl (C=O) groups excluding carboxylic acids is 1. The second kappa shape index (κ2) is 4.77. The van der Waals surface area contributed by atoms with E-state index in [2.05, 4.69) is 4.98 Å². The first-order valence-corrected chi connectivity index (χ1v) is 5.44. The lowest BCUT2D eigenvalue weighted by molar-refractivity contribution is -0.119. The van der Waals surface area contributed by atoms with Crippen LogP contribution in [0.25, 0.3) is 10.9 Å². The normalized spacial score (nSPS) is 12.6. The van der Waals surface area contributed by atoms with Gasteiger partial charge in [-0.15, -0.1) is 0 Å². The number of amides is 1. The van der Waals surface area contributed by atoms with Gasteiger partial charge < -0.3 is 16.5 Å². The first-order valence-electron chi connectivity index (χ1n) is 5.44. The topological polar surface area (TPSA) is 102 Å². The molecule has 0 bridgehead atoms. The van der Waals surface area contributed by atoms with E-state index in [1.54, 1.807) is 0 Å². The Morgan fingerprint density at radius 2 is 1.89 bits per heavy atom. The molecule has 2 aromatic rings. The monoisotopic (exact) mass is 267 g/mol. The van der Waals surface area contributed by atoms with Crippen LogP contribution in [0.5, 0.6) is 0 Å². The van der Waals surface area contributed by atoms with E-state index in [-0.39, 0.29) is 17.5 Å². The van der Waals surface area contributed by atoms with E-state index in [4.69, 9.17) is 11.5 Å². The van der Waals surface area contributed by atoms with Gasteiger partial charge in [0, 0.05) is 23.4 Å². The number of nitrogens with two attached hydrogens (primary N) is 2. The third kappa shape index (κ3) is 2.60. The fraction of sp³-hybridized carbons (Fsp3) is 0.167. The molecule has 0 unspecified atom stereocenters. The van der Waals surface area contributed by atoms with E-state index in [0.29, 0.717) is 5.39 Å². The first-order chi connectivity index (χ1) is 8.88. The number of fused-ring (bicyclic) bond motifs is 1. The van der Waals surface area contributed by atoms with E-state index in [0.717, 1.165) is 12.1 Å². The SMILES string of the molecule is NC(=O)[C@@H](N)Cc1cc2cc(F)c(F)cc2[nH]c1=O. The van der Waals surface area contributed by atoms with E-state index in [1.807, 2.05) is 0 Å². The number of hydrogen-bond acceptors (Lipinski definition) is 3. The van der Waals surface area contributed by atoms with Crippen LogP contribution in [0.2, 0.25) is 0 Å². The summed E-state index contributed by atoms with van der Waals surface area (Å²) in [4.78, 5) is 25.0. The van der Waals surface area contributed by atoms with E-state index in [9.17, 15) is 18.4 Å². The van der Waals surface area contributed by atoms with Crippen LogP contribution >= 0.6 is 0 Å². The highest BCUT2D eigenvalue weighted by Crippen LogP contribution is 2.16. The molecule has 0 aliphatic carbocycles. The third-order valence-corrected chi connectivity index (χ3v) is 2.77. The van der Waals surface area contributed by atoms with Gasteiger partial charge in [0.15, 0.2) is 11.6 Å². The van der Waals surface area contributed by atoms with Crippen LogP contribution in [0.1, 0.15) is 5.56 Å². The van der Waals surface area contributed by atoms with Crippen molar-refractivity contribution in [3.8, 4) is 0 Å². The lowest BCUT2D eigenvalue weighted by Gasteiger charge is -2.08. The van der Waals surface area contributed by atoms with Crippen LogP contribution in [-0.4, -0.2) is 16.9 Å². The number of rotatable bonds is 3. The number of aromatic nitrogens is 1. The second-order valence-electron chi connectivity index (χ2n) is 4.19. The highest BCUT2D eigenvalue weighted by molar-refractivity contribution is 5.81. The predicted molar refractivity (Wildman–Crippen MR) is 65.4 cm³/mol. The van der Waals surface area contributed by atoms with Gasteiger partial charge in [0.2, 0.25) is 5.91 Å². The number of nitrogens with one attached hydrogen (secondary N) is 1. The van der Waals surface area contributed by atoms with Crippen molar-refractivity contribution in [2.75, 3.05) is 0 Å². The standard InChI is InChI=1S/C12H11F2N3O2/c13-7-2-5-1-6(3-9(15)11(16)18)12(19)17-10(5)4-8(7)14/h1-2,4,9H,3,15H2,(H2,16,18)(H,17,19)/t9-/m0/s1. The molecule has 1 amide bonds. The van der Waals surface area contributed by atoms with Crippen molar-refractivity contribution in [1.29, 1.82) is 0 Å². The molecule has 1 aromatic heterocycles. The largest absolute Gasteiger partial charge is 0.368 e. The van der Waals surface area contributed by atoms with Gasteiger partial charge in [0.1, 0.15) is 0 Å². The zero-order valence-electron chi connectivity index (χ0n) is 9.74. The number of halogens is 2. The molecular weight excluding hydrogens is 256 g/mol. The number of carbonyl (C=O) groups is 1. The van der Waals surface area contributed by atoms with E-state index < -0.39 is 29.1 Å². The van der Waals surface area contributed by atoms with Crippen molar-refractivity contribution >= 4 is 16.8 Å². The highest BCUT2D eigenvalue weighted by atomic mass is 19.2. The number of benzene rings is 1. The van der Waals surface area contributed by atoms with Gasteiger partial charge in [-0.2, -0.15) is 0 Å². The van der Waals surface area contributed by atoms with Crippen molar-refractivity contribution in [2.24, 2.45) is 11.5 Å². The molecule has 1 heterocycles. The number of pyridine rings is 1. The van der Waals surface area contributed by atoms with E-state index >= 15 is 0 Å². The summed E-state index contributed by atoms with van der Waals surface area (Å²) in [6.07, 6.45) is -0.0698. The van der Waals surface area contributed by atoms with Gasteiger partial charge in [0.25, 0.3) is 5.56 Å². The van der Waals surface area contributed by atoms with Gasteiger partial charge in [0.05, 0.1) is 11.6 Å². The average molecular weight is 267 g/mol. The van der Waals surface area contributed by atoms with Crippen LogP contribution < -0.4 is 17.0 Å². The van der Waals surface area contributed by atoms with Crippen LogP contribution in [0.4, 0.5) is 8.78 Å². The summed E-state index contributed by atoms with van der Waals surface area (Å²) >= 11 is 0. The number of hydrogen-bond donors (Lipinski definition) is 3. The maximum Gasteiger partial charge on any atom is 0.251 e. The van der Waals surface area contributed by atoms with Crippen molar-refractivity contribution < 1.29 is 13.6 Å². The van der Waals surface area contributed by atoms with Crippen molar-refractivity contribution in [3.05, 3.63) is 45.8 Å². The smallest absolute Gasteiger partial charge is 0.251 e. The first kappa shape index (κ1) is 13.2. The van der Waals surface area contributed by atoms with Gasteiger partial charge >= 0.3 is 0 Å². The fourth-order valence-electron chi connectivity index (χ4n) is 1.73. The van der Waals surface area contributed by atoms with Gasteiger partial charge in [-0.3, -0.25) is 9.59 Å². The molecule has 0 saturated heterocycles. The lowest BCUT2D eigenvalue weighted by atomic mass is 10.1. The molecule has 100 valence electrons. The molecule has 2 rings (SSSR count). The maximum atomic E-state index is 13.1. The summed E-state index contributed by atoms with van der Waals surface area (Å²) in [6, 6.07) is 2.20. The van der Waals surface area contributed by atoms with Crippen LogP contribution in [-0.2, 0) is 11.2 Å². The second-order valence-corrected chi connectivity index (χ2v) is 4.19. The third-order valence-electron chi connectivity index (χ3n) is 2.77. The lowest BCUT2D eigenvalue weighted by Crippen LogP contribution is -2.39. The Labute approximate surface area is 106 Å². The number of aromatic amines is 1. The van der Waals surface area contributed by atoms with E-state index in [1.165, 1.54) is 6.07 Å². The Kier molecular flexibility index (Phi) is 3.30. The molecular formula is C12H11F2N3O2. The molecule has 1 aromatic carbocycles. The number of primary amides is 1. The van der Waals surface area contributed by atoms with Gasteiger partial charge in [-0.05, 0) is 12.1 Å². The molecule has 0 saturated carbocycles. The summed E-state index contributed by atoms with van der Waals surface area (Å²) in [5.74, 6) is -2.82. The van der Waals surface area contributed by atoms with Crippen molar-refractivity contribution in [3.63, 3.8) is 0 Å². The zero-order chi connectivity index (χ0) is 14.2. The van der Waals surface area contributed by atoms with Gasteiger partial charge in [-0.1, -0.05) is 0 Å². The van der Waals surface area contributed by atoms with Gasteiger partial charge in [-0.25, -0.2) is 8.78 Å². The molecule has 1 atom stereocenters. The molecule has 0 radical (unpaired) electrons. The minimum Gasteiger partial charge on any atom is -0.368 e. The Balaban J connectivity index is 2.52. The minimum absolute atomic E-state index is 0.0698. The molecule has 19 heavy (non-hydrogen) atoms. The molecule has 5 N–H and O–H groups in total. The zero-order valence-corrected chi connectivity index (χ0v) is 9.74. The highest BCUT2D eigenvalue weighted by Gasteiger charge is 2.14. The number of H-pyrrole nitrogens is 1. The summed E-state index contributed by atoms with van der Waals surface area (Å²) in [5, 5.41) is 0.310. The Hall–Kier alpha value is -2.28. The summed E-state index contributed by atoms with van der Waals surface area (Å²) in [7, 11) is 0. The predicted octanol–water partition coefficient (Wildman–Crippen LogP) is 0.161. The molecule has 0 aliphatic heterocycles. The summed E-state index contributed by atoms with van der Waals surface area (Å²) in [6.45, 7) is 0. The summed E-state index contributed by atoms with van der Waals surface area (Å²) in [5.41, 5.74) is 10.3. The minimum atomic E-state index is -1.05. The van der Waals surface area contributed by atoms with Crippen LogP contribution in [0, 0.1) is 11.6 Å². The fourth-order valence-corrected chi connectivity index (χ4v) is 1.73. The molecule has 0 spiro atoms. The molecule has 0 fully saturated rings. The Morgan fingerprint density at radius 3 is 2.53 bits per heavy atom. The maximum absolute atomic E-state index is 13.1. The van der Waals surface area contributed by atoms with Crippen molar-refractivity contribution in [1.82, 2.24) is 4.98 Å².